The minimum absolute atomic E-state index is 0.112. The average molecular weight is 248 g/mol. The van der Waals surface area contributed by atoms with E-state index in [4.69, 9.17) is 14.6 Å². The van der Waals surface area contributed by atoms with Crippen molar-refractivity contribution in [3.8, 4) is 22.8 Å². The van der Waals surface area contributed by atoms with Gasteiger partial charge in [0.1, 0.15) is 23.9 Å². The molecule has 5 nitrogen and oxygen atoms in total. The average Bonchev–Trinajstić information content (AvgIpc) is 2.79. The number of nitrogens with zero attached hydrogens (tertiary/aromatic N) is 1. The Kier molecular flexibility index (Phi) is 3.53. The molecule has 0 unspecified atom stereocenters. The summed E-state index contributed by atoms with van der Waals surface area (Å²) in [6.45, 7) is 1.80. The first-order valence-corrected chi connectivity index (χ1v) is 5.58. The molecular weight excluding hydrogens is 232 g/mol. The molecule has 0 bridgehead atoms. The number of aliphatic hydroxyl groups excluding tert-OH is 1. The highest BCUT2D eigenvalue weighted by Crippen LogP contribution is 2.33. The Morgan fingerprint density at radius 1 is 1.28 bits per heavy atom. The second-order valence-electron chi connectivity index (χ2n) is 3.88. The lowest BCUT2D eigenvalue weighted by molar-refractivity contribution is 0.272. The van der Waals surface area contributed by atoms with Crippen molar-refractivity contribution < 1.29 is 14.6 Å². The van der Waals surface area contributed by atoms with E-state index in [1.54, 1.807) is 14.2 Å². The van der Waals surface area contributed by atoms with E-state index in [1.807, 2.05) is 25.1 Å². The van der Waals surface area contributed by atoms with E-state index < -0.39 is 0 Å². The van der Waals surface area contributed by atoms with Gasteiger partial charge in [0.25, 0.3) is 0 Å². The van der Waals surface area contributed by atoms with Gasteiger partial charge in [0.2, 0.25) is 0 Å². The molecule has 0 saturated carbocycles. The molecule has 1 heterocycles. The number of aromatic nitrogens is 2. The lowest BCUT2D eigenvalue weighted by atomic mass is 10.1. The van der Waals surface area contributed by atoms with Gasteiger partial charge in [-0.05, 0) is 19.1 Å². The van der Waals surface area contributed by atoms with Crippen LogP contribution in [-0.4, -0.2) is 29.3 Å². The van der Waals surface area contributed by atoms with Crippen LogP contribution in [0.4, 0.5) is 0 Å². The van der Waals surface area contributed by atoms with E-state index >= 15 is 0 Å². The minimum Gasteiger partial charge on any atom is -0.497 e. The summed E-state index contributed by atoms with van der Waals surface area (Å²) in [5.74, 6) is 1.96. The molecule has 1 aromatic carbocycles. The van der Waals surface area contributed by atoms with Gasteiger partial charge in [-0.25, -0.2) is 4.98 Å². The zero-order valence-electron chi connectivity index (χ0n) is 10.7. The fourth-order valence-electron chi connectivity index (χ4n) is 1.85. The quantitative estimate of drug-likeness (QED) is 0.867. The van der Waals surface area contributed by atoms with Crippen LogP contribution in [0.1, 0.15) is 11.5 Å². The second kappa shape index (κ2) is 5.10. The number of hydrogen-bond donors (Lipinski definition) is 2. The normalized spacial score (nSPS) is 10.4. The molecule has 0 fully saturated rings. The van der Waals surface area contributed by atoms with Crippen molar-refractivity contribution in [2.75, 3.05) is 14.2 Å². The van der Waals surface area contributed by atoms with E-state index in [2.05, 4.69) is 9.97 Å². The van der Waals surface area contributed by atoms with E-state index in [0.717, 1.165) is 22.7 Å². The number of aryl methyl sites for hydroxylation is 1. The van der Waals surface area contributed by atoms with Gasteiger partial charge in [0.05, 0.1) is 19.9 Å². The van der Waals surface area contributed by atoms with Crippen LogP contribution in [0.5, 0.6) is 11.5 Å². The summed E-state index contributed by atoms with van der Waals surface area (Å²) in [5, 5.41) is 9.09. The Morgan fingerprint density at radius 3 is 2.61 bits per heavy atom. The fraction of sp³-hybridized carbons (Fsp3) is 0.308. The van der Waals surface area contributed by atoms with Gasteiger partial charge in [0.15, 0.2) is 0 Å². The van der Waals surface area contributed by atoms with E-state index in [0.29, 0.717) is 11.6 Å². The zero-order chi connectivity index (χ0) is 13.1. The molecule has 0 atom stereocenters. The molecule has 0 aliphatic carbocycles. The zero-order valence-corrected chi connectivity index (χ0v) is 10.7. The van der Waals surface area contributed by atoms with Gasteiger partial charge in [-0.2, -0.15) is 0 Å². The number of aliphatic hydroxyl groups is 1. The summed E-state index contributed by atoms with van der Waals surface area (Å²) in [4.78, 5) is 7.36. The third kappa shape index (κ3) is 2.17. The van der Waals surface area contributed by atoms with Crippen molar-refractivity contribution in [2.45, 2.75) is 13.5 Å². The molecule has 2 aromatic rings. The van der Waals surface area contributed by atoms with Crippen LogP contribution in [0.15, 0.2) is 18.2 Å². The van der Waals surface area contributed by atoms with Gasteiger partial charge in [-0.1, -0.05) is 0 Å². The van der Waals surface area contributed by atoms with Gasteiger partial charge in [-0.3, -0.25) is 0 Å². The third-order valence-electron chi connectivity index (χ3n) is 2.75. The number of benzene rings is 1. The lowest BCUT2D eigenvalue weighted by Crippen LogP contribution is -1.92. The maximum atomic E-state index is 9.09. The Balaban J connectivity index is 2.52. The SMILES string of the molecule is COc1ccc(-c2nc(CO)[nH]c2C)c(OC)c1. The summed E-state index contributed by atoms with van der Waals surface area (Å²) in [7, 11) is 3.21. The number of hydrogen-bond acceptors (Lipinski definition) is 4. The Bertz CT molecular complexity index is 549. The van der Waals surface area contributed by atoms with Crippen LogP contribution >= 0.6 is 0 Å². The first-order valence-electron chi connectivity index (χ1n) is 5.58. The van der Waals surface area contributed by atoms with Crippen LogP contribution in [0.25, 0.3) is 11.3 Å². The van der Waals surface area contributed by atoms with Gasteiger partial charge in [-0.15, -0.1) is 0 Å². The molecule has 0 amide bonds. The number of ether oxygens (including phenoxy) is 2. The summed E-state index contributed by atoms with van der Waals surface area (Å²) in [6.07, 6.45) is 0. The predicted molar refractivity (Wildman–Crippen MR) is 67.8 cm³/mol. The van der Waals surface area contributed by atoms with Crippen molar-refractivity contribution in [2.24, 2.45) is 0 Å². The molecule has 0 aliphatic heterocycles. The molecule has 2 rings (SSSR count). The molecule has 1 aromatic heterocycles. The first kappa shape index (κ1) is 12.4. The largest absolute Gasteiger partial charge is 0.497 e. The standard InChI is InChI=1S/C13H16N2O3/c1-8-13(15-12(7-16)14-8)10-5-4-9(17-2)6-11(10)18-3/h4-6,16H,7H2,1-3H3,(H,14,15). The number of aromatic amines is 1. The van der Waals surface area contributed by atoms with Crippen LogP contribution in [0.3, 0.4) is 0 Å². The maximum Gasteiger partial charge on any atom is 0.132 e. The Morgan fingerprint density at radius 2 is 2.06 bits per heavy atom. The molecule has 0 spiro atoms. The number of imidazole rings is 1. The van der Waals surface area contributed by atoms with Crippen molar-refractivity contribution in [3.05, 3.63) is 29.7 Å². The monoisotopic (exact) mass is 248 g/mol. The van der Waals surface area contributed by atoms with E-state index in [1.165, 1.54) is 0 Å². The van der Waals surface area contributed by atoms with Crippen molar-refractivity contribution in [1.29, 1.82) is 0 Å². The van der Waals surface area contributed by atoms with Gasteiger partial charge in [0, 0.05) is 17.3 Å². The maximum absolute atomic E-state index is 9.09. The molecule has 18 heavy (non-hydrogen) atoms. The van der Waals surface area contributed by atoms with E-state index in [-0.39, 0.29) is 6.61 Å². The second-order valence-corrected chi connectivity index (χ2v) is 3.88. The molecule has 96 valence electrons. The molecule has 0 aliphatic rings. The highest BCUT2D eigenvalue weighted by atomic mass is 16.5. The van der Waals surface area contributed by atoms with Crippen LogP contribution < -0.4 is 9.47 Å². The van der Waals surface area contributed by atoms with Crippen LogP contribution in [0.2, 0.25) is 0 Å². The molecule has 0 radical (unpaired) electrons. The van der Waals surface area contributed by atoms with Crippen molar-refractivity contribution >= 4 is 0 Å². The molecule has 2 N–H and O–H groups in total. The summed E-state index contributed by atoms with van der Waals surface area (Å²) in [6, 6.07) is 5.55. The van der Waals surface area contributed by atoms with Crippen LogP contribution in [-0.2, 0) is 6.61 Å². The highest BCUT2D eigenvalue weighted by Gasteiger charge is 2.13. The number of nitrogens with one attached hydrogen (secondary N) is 1. The summed E-state index contributed by atoms with van der Waals surface area (Å²) < 4.78 is 10.5. The van der Waals surface area contributed by atoms with Crippen molar-refractivity contribution in [3.63, 3.8) is 0 Å². The summed E-state index contributed by atoms with van der Waals surface area (Å²) >= 11 is 0. The number of methoxy groups -OCH3 is 2. The molecule has 5 heteroatoms. The topological polar surface area (TPSA) is 67.4 Å². The van der Waals surface area contributed by atoms with Gasteiger partial charge >= 0.3 is 0 Å². The predicted octanol–water partition coefficient (Wildman–Crippen LogP) is 1.89. The van der Waals surface area contributed by atoms with Gasteiger partial charge < -0.3 is 19.6 Å². The number of rotatable bonds is 4. The lowest BCUT2D eigenvalue weighted by Gasteiger charge is -2.09. The fourth-order valence-corrected chi connectivity index (χ4v) is 1.85. The Hall–Kier alpha value is -2.01. The minimum atomic E-state index is -0.112. The highest BCUT2D eigenvalue weighted by molar-refractivity contribution is 5.70. The van der Waals surface area contributed by atoms with Crippen molar-refractivity contribution in [1.82, 2.24) is 9.97 Å². The van der Waals surface area contributed by atoms with Crippen LogP contribution in [0, 0.1) is 6.92 Å². The summed E-state index contributed by atoms with van der Waals surface area (Å²) in [5.41, 5.74) is 2.54. The Labute approximate surface area is 105 Å². The first-order chi connectivity index (χ1) is 8.69. The number of H-pyrrole nitrogens is 1. The smallest absolute Gasteiger partial charge is 0.132 e. The third-order valence-corrected chi connectivity index (χ3v) is 2.75. The molecule has 0 saturated heterocycles. The molecular formula is C13H16N2O3. The van der Waals surface area contributed by atoms with E-state index in [9.17, 15) is 0 Å².